The third kappa shape index (κ3) is 1.39. The Bertz CT molecular complexity index is 216. The van der Waals surface area contributed by atoms with Crippen LogP contribution in [0, 0.1) is 6.92 Å². The Morgan fingerprint density at radius 3 is 2.67 bits per heavy atom. The number of aliphatic imine (C=N–C) groups is 1. The molecule has 0 radical (unpaired) electrons. The van der Waals surface area contributed by atoms with Crippen LogP contribution in [-0.4, -0.2) is 6.72 Å². The average molecular weight is 119 g/mol. The predicted octanol–water partition coefficient (Wildman–Crippen LogP) is 2.33. The lowest BCUT2D eigenvalue weighted by molar-refractivity contribution is 1.44. The maximum absolute atomic E-state index is 3.78. The third-order valence-electron chi connectivity index (χ3n) is 1.18. The minimum Gasteiger partial charge on any atom is -0.265 e. The van der Waals surface area contributed by atoms with Crippen molar-refractivity contribution in [2.45, 2.75) is 6.92 Å². The van der Waals surface area contributed by atoms with Crippen molar-refractivity contribution in [1.29, 1.82) is 0 Å². The molecule has 0 unspecified atom stereocenters. The number of aryl methyl sites for hydroxylation is 1. The number of nitrogens with zero attached hydrogens (tertiary/aromatic N) is 1. The highest BCUT2D eigenvalue weighted by Crippen LogP contribution is 2.11. The van der Waals surface area contributed by atoms with Gasteiger partial charge in [0.1, 0.15) is 0 Å². The minimum atomic E-state index is 0.940. The summed E-state index contributed by atoms with van der Waals surface area (Å²) in [5.41, 5.74) is 2.16. The van der Waals surface area contributed by atoms with Crippen LogP contribution in [0.5, 0.6) is 0 Å². The summed E-state index contributed by atoms with van der Waals surface area (Å²) >= 11 is 0. The van der Waals surface area contributed by atoms with Gasteiger partial charge in [-0.3, -0.25) is 4.99 Å². The van der Waals surface area contributed by atoms with E-state index in [9.17, 15) is 0 Å². The van der Waals surface area contributed by atoms with Gasteiger partial charge in [-0.1, -0.05) is 12.1 Å². The number of benzene rings is 1. The Morgan fingerprint density at radius 2 is 2.22 bits per heavy atom. The molecule has 0 aliphatic carbocycles. The minimum absolute atomic E-state index is 0.940. The molecule has 0 aromatic heterocycles. The van der Waals surface area contributed by atoms with Crippen molar-refractivity contribution < 1.29 is 0 Å². The Kier molecular flexibility index (Phi) is 1.63. The van der Waals surface area contributed by atoms with Gasteiger partial charge in [0.2, 0.25) is 0 Å². The molecule has 0 fully saturated rings. The fourth-order valence-corrected chi connectivity index (χ4v) is 0.726. The van der Waals surface area contributed by atoms with Gasteiger partial charge in [-0.05, 0) is 31.3 Å². The lowest BCUT2D eigenvalue weighted by Crippen LogP contribution is -1.67. The van der Waals surface area contributed by atoms with Crippen molar-refractivity contribution in [2.75, 3.05) is 0 Å². The Hall–Kier alpha value is -1.11. The van der Waals surface area contributed by atoms with E-state index in [1.165, 1.54) is 5.56 Å². The van der Waals surface area contributed by atoms with Crippen molar-refractivity contribution in [3.8, 4) is 0 Å². The first-order valence-corrected chi connectivity index (χ1v) is 2.86. The van der Waals surface area contributed by atoms with Crippen LogP contribution in [0.1, 0.15) is 5.56 Å². The number of rotatable bonds is 1. The van der Waals surface area contributed by atoms with E-state index in [1.54, 1.807) is 0 Å². The molecule has 1 aromatic carbocycles. The van der Waals surface area contributed by atoms with Crippen molar-refractivity contribution in [2.24, 2.45) is 4.99 Å². The number of hydrogen-bond acceptors (Lipinski definition) is 1. The van der Waals surface area contributed by atoms with Gasteiger partial charge in [-0.15, -0.1) is 0 Å². The van der Waals surface area contributed by atoms with E-state index in [4.69, 9.17) is 0 Å². The quantitative estimate of drug-likeness (QED) is 0.503. The van der Waals surface area contributed by atoms with Gasteiger partial charge in [-0.25, -0.2) is 0 Å². The van der Waals surface area contributed by atoms with E-state index in [2.05, 4.69) is 11.7 Å². The first kappa shape index (κ1) is 6.02. The van der Waals surface area contributed by atoms with E-state index in [-0.39, 0.29) is 0 Å². The van der Waals surface area contributed by atoms with Crippen molar-refractivity contribution in [3.05, 3.63) is 29.8 Å². The van der Waals surface area contributed by atoms with Crippen LogP contribution in [0.4, 0.5) is 5.69 Å². The highest BCUT2D eigenvalue weighted by molar-refractivity contribution is 5.46. The largest absolute Gasteiger partial charge is 0.265 e. The standard InChI is InChI=1S/C8H9N/c1-7-4-3-5-8(6-7)9-2/h3-6H,2H2,1H3. The van der Waals surface area contributed by atoms with Gasteiger partial charge in [0.25, 0.3) is 0 Å². The Labute approximate surface area is 55.1 Å². The Balaban J connectivity index is 3.07. The van der Waals surface area contributed by atoms with Crippen molar-refractivity contribution >= 4 is 12.4 Å². The summed E-state index contributed by atoms with van der Waals surface area (Å²) in [6.45, 7) is 5.46. The molecule has 0 heterocycles. The molecular weight excluding hydrogens is 110 g/mol. The highest BCUT2D eigenvalue weighted by atomic mass is 14.7. The van der Waals surface area contributed by atoms with Crippen LogP contribution in [0.3, 0.4) is 0 Å². The molecule has 1 rings (SSSR count). The molecule has 0 bridgehead atoms. The van der Waals surface area contributed by atoms with Gasteiger partial charge in [0.05, 0.1) is 5.69 Å². The summed E-state index contributed by atoms with van der Waals surface area (Å²) in [5.74, 6) is 0. The molecule has 0 saturated heterocycles. The fourth-order valence-electron chi connectivity index (χ4n) is 0.726. The van der Waals surface area contributed by atoms with E-state index >= 15 is 0 Å². The molecule has 0 aliphatic heterocycles. The molecular formula is C8H9N. The molecule has 0 saturated carbocycles. The lowest BCUT2D eigenvalue weighted by Gasteiger charge is -1.91. The van der Waals surface area contributed by atoms with Crippen LogP contribution in [-0.2, 0) is 0 Å². The molecule has 0 atom stereocenters. The van der Waals surface area contributed by atoms with Crippen molar-refractivity contribution in [1.82, 2.24) is 0 Å². The number of hydrogen-bond donors (Lipinski definition) is 0. The van der Waals surface area contributed by atoms with Crippen LogP contribution < -0.4 is 0 Å². The molecule has 0 N–H and O–H groups in total. The second-order valence-electron chi connectivity index (χ2n) is 2.00. The molecule has 1 aromatic rings. The molecule has 0 spiro atoms. The van der Waals surface area contributed by atoms with Gasteiger partial charge < -0.3 is 0 Å². The normalized spacial score (nSPS) is 9.00. The molecule has 9 heavy (non-hydrogen) atoms. The smallest absolute Gasteiger partial charge is 0.0625 e. The van der Waals surface area contributed by atoms with E-state index < -0.39 is 0 Å². The summed E-state index contributed by atoms with van der Waals surface area (Å²) in [5, 5.41) is 0. The van der Waals surface area contributed by atoms with E-state index in [1.807, 2.05) is 31.2 Å². The second-order valence-corrected chi connectivity index (χ2v) is 2.00. The fraction of sp³-hybridized carbons (Fsp3) is 0.125. The molecule has 0 aliphatic rings. The maximum atomic E-state index is 3.78. The van der Waals surface area contributed by atoms with Crippen molar-refractivity contribution in [3.63, 3.8) is 0 Å². The van der Waals surface area contributed by atoms with E-state index in [0.717, 1.165) is 5.69 Å². The zero-order valence-corrected chi connectivity index (χ0v) is 5.46. The van der Waals surface area contributed by atoms with E-state index in [0.29, 0.717) is 0 Å². The molecule has 0 amide bonds. The molecule has 1 heteroatoms. The topological polar surface area (TPSA) is 12.4 Å². The summed E-state index contributed by atoms with van der Waals surface area (Å²) in [7, 11) is 0. The summed E-state index contributed by atoms with van der Waals surface area (Å²) in [6.07, 6.45) is 0. The Morgan fingerprint density at radius 1 is 1.44 bits per heavy atom. The van der Waals surface area contributed by atoms with Gasteiger partial charge >= 0.3 is 0 Å². The van der Waals surface area contributed by atoms with Gasteiger partial charge in [0.15, 0.2) is 0 Å². The summed E-state index contributed by atoms with van der Waals surface area (Å²) in [4.78, 5) is 3.78. The predicted molar refractivity (Wildman–Crippen MR) is 40.4 cm³/mol. The zero-order chi connectivity index (χ0) is 6.69. The zero-order valence-electron chi connectivity index (χ0n) is 5.46. The highest BCUT2D eigenvalue weighted by Gasteiger charge is 1.84. The summed E-state index contributed by atoms with van der Waals surface area (Å²) < 4.78 is 0. The molecule has 1 nitrogen and oxygen atoms in total. The van der Waals surface area contributed by atoms with Crippen LogP contribution in [0.15, 0.2) is 29.3 Å². The van der Waals surface area contributed by atoms with Crippen LogP contribution in [0.2, 0.25) is 0 Å². The third-order valence-corrected chi connectivity index (χ3v) is 1.18. The molecule has 46 valence electrons. The van der Waals surface area contributed by atoms with Gasteiger partial charge in [-0.2, -0.15) is 0 Å². The first-order chi connectivity index (χ1) is 4.33. The first-order valence-electron chi connectivity index (χ1n) is 2.86. The summed E-state index contributed by atoms with van der Waals surface area (Å²) in [6, 6.07) is 7.93. The SMILES string of the molecule is C=Nc1cccc(C)c1. The lowest BCUT2D eigenvalue weighted by atomic mass is 10.2. The maximum Gasteiger partial charge on any atom is 0.0625 e. The second kappa shape index (κ2) is 2.44. The van der Waals surface area contributed by atoms with Crippen LogP contribution in [0.25, 0.3) is 0 Å². The monoisotopic (exact) mass is 119 g/mol. The average Bonchev–Trinajstić information content (AvgIpc) is 1.88. The van der Waals surface area contributed by atoms with Crippen LogP contribution >= 0.6 is 0 Å². The van der Waals surface area contributed by atoms with Gasteiger partial charge in [0, 0.05) is 0 Å².